The van der Waals surface area contributed by atoms with Gasteiger partial charge in [-0.25, -0.2) is 8.42 Å². The molecular formula is C10H21ClO3S. The number of hydrogen-bond donors (Lipinski definition) is 1. The normalized spacial score (nSPS) is 14.1. The standard InChI is InChI=1S/C10H21ClO3S/c1-2-3-4-5-6-7-8-15(13,14)10(11)9-12/h10,12H,2-9H2,1H3. The lowest BCUT2D eigenvalue weighted by atomic mass is 10.1. The van der Waals surface area contributed by atoms with E-state index in [2.05, 4.69) is 6.92 Å². The molecule has 0 radical (unpaired) electrons. The van der Waals surface area contributed by atoms with Gasteiger partial charge in [0, 0.05) is 0 Å². The molecule has 0 aromatic rings. The van der Waals surface area contributed by atoms with Crippen LogP contribution in [0.1, 0.15) is 45.4 Å². The fraction of sp³-hybridized carbons (Fsp3) is 1.00. The second kappa shape index (κ2) is 8.36. The summed E-state index contributed by atoms with van der Waals surface area (Å²) in [7, 11) is -3.29. The quantitative estimate of drug-likeness (QED) is 0.509. The van der Waals surface area contributed by atoms with Gasteiger partial charge >= 0.3 is 0 Å². The molecule has 3 nitrogen and oxygen atoms in total. The molecule has 0 aliphatic rings. The number of aliphatic hydroxyl groups is 1. The Morgan fingerprint density at radius 1 is 1.13 bits per heavy atom. The number of rotatable bonds is 9. The largest absolute Gasteiger partial charge is 0.394 e. The van der Waals surface area contributed by atoms with Gasteiger partial charge < -0.3 is 5.11 Å². The van der Waals surface area contributed by atoms with E-state index in [0.29, 0.717) is 6.42 Å². The maximum absolute atomic E-state index is 11.4. The molecule has 15 heavy (non-hydrogen) atoms. The Morgan fingerprint density at radius 3 is 2.20 bits per heavy atom. The fourth-order valence-corrected chi connectivity index (χ4v) is 2.68. The van der Waals surface area contributed by atoms with Crippen LogP contribution in [0.25, 0.3) is 0 Å². The van der Waals surface area contributed by atoms with Crippen molar-refractivity contribution in [3.05, 3.63) is 0 Å². The molecule has 1 atom stereocenters. The molecular weight excluding hydrogens is 236 g/mol. The third-order valence-corrected chi connectivity index (χ3v) is 5.05. The number of alkyl halides is 1. The minimum atomic E-state index is -3.29. The molecule has 0 aliphatic heterocycles. The van der Waals surface area contributed by atoms with Gasteiger partial charge in [0.05, 0.1) is 12.4 Å². The average molecular weight is 257 g/mol. The Kier molecular flexibility index (Phi) is 8.47. The first-order valence-electron chi connectivity index (χ1n) is 5.51. The highest BCUT2D eigenvalue weighted by molar-refractivity contribution is 7.93. The van der Waals surface area contributed by atoms with Crippen molar-refractivity contribution in [1.82, 2.24) is 0 Å². The fourth-order valence-electron chi connectivity index (χ4n) is 1.33. The zero-order chi connectivity index (χ0) is 11.7. The molecule has 0 aromatic heterocycles. The molecule has 1 unspecified atom stereocenters. The van der Waals surface area contributed by atoms with E-state index in [1.807, 2.05) is 0 Å². The topological polar surface area (TPSA) is 54.4 Å². The van der Waals surface area contributed by atoms with Crippen LogP contribution in [0.15, 0.2) is 0 Å². The van der Waals surface area contributed by atoms with Crippen molar-refractivity contribution in [3.8, 4) is 0 Å². The Hall–Kier alpha value is 0.200. The summed E-state index contributed by atoms with van der Waals surface area (Å²) in [6.07, 6.45) is 6.22. The first kappa shape index (κ1) is 15.2. The second-order valence-corrected chi connectivity index (χ2v) is 6.82. The maximum atomic E-state index is 11.4. The number of unbranched alkanes of at least 4 members (excludes halogenated alkanes) is 5. The van der Waals surface area contributed by atoms with Crippen LogP contribution in [-0.2, 0) is 9.84 Å². The minimum Gasteiger partial charge on any atom is -0.394 e. The molecule has 0 heterocycles. The van der Waals surface area contributed by atoms with Crippen LogP contribution in [0.5, 0.6) is 0 Å². The zero-order valence-electron chi connectivity index (χ0n) is 9.28. The second-order valence-electron chi connectivity index (χ2n) is 3.73. The smallest absolute Gasteiger partial charge is 0.169 e. The Balaban J connectivity index is 3.58. The third kappa shape index (κ3) is 7.14. The number of aliphatic hydroxyl groups excluding tert-OH is 1. The SMILES string of the molecule is CCCCCCCCS(=O)(=O)C(Cl)CO. The van der Waals surface area contributed by atoms with Crippen molar-refractivity contribution in [3.63, 3.8) is 0 Å². The molecule has 0 rings (SSSR count). The summed E-state index contributed by atoms with van der Waals surface area (Å²) >= 11 is 5.48. The first-order chi connectivity index (χ1) is 7.04. The van der Waals surface area contributed by atoms with Crippen LogP contribution in [0.4, 0.5) is 0 Å². The van der Waals surface area contributed by atoms with Crippen molar-refractivity contribution < 1.29 is 13.5 Å². The summed E-state index contributed by atoms with van der Waals surface area (Å²) < 4.78 is 21.6. The number of sulfone groups is 1. The molecule has 0 fully saturated rings. The monoisotopic (exact) mass is 256 g/mol. The summed E-state index contributed by atoms with van der Waals surface area (Å²) in [5, 5.41) is 8.63. The van der Waals surface area contributed by atoms with Gasteiger partial charge in [0.2, 0.25) is 0 Å². The highest BCUT2D eigenvalue weighted by Crippen LogP contribution is 2.11. The van der Waals surface area contributed by atoms with E-state index >= 15 is 0 Å². The van der Waals surface area contributed by atoms with Crippen LogP contribution < -0.4 is 0 Å². The predicted octanol–water partition coefficient (Wildman–Crippen LogP) is 2.32. The predicted molar refractivity (Wildman–Crippen MR) is 63.9 cm³/mol. The maximum Gasteiger partial charge on any atom is 0.169 e. The van der Waals surface area contributed by atoms with E-state index in [4.69, 9.17) is 16.7 Å². The third-order valence-electron chi connectivity index (χ3n) is 2.32. The van der Waals surface area contributed by atoms with Crippen LogP contribution in [-0.4, -0.2) is 30.6 Å². The van der Waals surface area contributed by atoms with Gasteiger partial charge in [-0.3, -0.25) is 0 Å². The molecule has 0 saturated heterocycles. The number of hydrogen-bond acceptors (Lipinski definition) is 3. The average Bonchev–Trinajstić information content (AvgIpc) is 2.22. The van der Waals surface area contributed by atoms with Crippen molar-refractivity contribution >= 4 is 21.4 Å². The molecule has 0 amide bonds. The van der Waals surface area contributed by atoms with Crippen LogP contribution >= 0.6 is 11.6 Å². The summed E-state index contributed by atoms with van der Waals surface area (Å²) in [5.41, 5.74) is 0. The van der Waals surface area contributed by atoms with Gasteiger partial charge in [-0.05, 0) is 6.42 Å². The van der Waals surface area contributed by atoms with E-state index in [9.17, 15) is 8.42 Å². The van der Waals surface area contributed by atoms with E-state index < -0.39 is 21.2 Å². The van der Waals surface area contributed by atoms with Gasteiger partial charge in [-0.15, -0.1) is 11.6 Å². The Bertz CT molecular complexity index is 239. The van der Waals surface area contributed by atoms with Crippen LogP contribution in [0.3, 0.4) is 0 Å². The van der Waals surface area contributed by atoms with Gasteiger partial charge in [-0.2, -0.15) is 0 Å². The van der Waals surface area contributed by atoms with E-state index in [0.717, 1.165) is 12.8 Å². The van der Waals surface area contributed by atoms with Gasteiger partial charge in [-0.1, -0.05) is 39.0 Å². The van der Waals surface area contributed by atoms with Crippen molar-refractivity contribution in [2.75, 3.05) is 12.4 Å². The molecule has 0 spiro atoms. The first-order valence-corrected chi connectivity index (χ1v) is 7.66. The highest BCUT2D eigenvalue weighted by Gasteiger charge is 2.21. The molecule has 0 saturated carbocycles. The van der Waals surface area contributed by atoms with E-state index in [1.165, 1.54) is 19.3 Å². The summed E-state index contributed by atoms with van der Waals surface area (Å²) in [6.45, 7) is 1.64. The van der Waals surface area contributed by atoms with E-state index in [-0.39, 0.29) is 5.75 Å². The minimum absolute atomic E-state index is 0.0911. The molecule has 0 aromatic carbocycles. The molecule has 1 N–H and O–H groups in total. The molecule has 0 bridgehead atoms. The molecule has 0 aliphatic carbocycles. The van der Waals surface area contributed by atoms with Crippen molar-refractivity contribution in [2.45, 2.75) is 50.2 Å². The number of halogens is 1. The molecule has 92 valence electrons. The van der Waals surface area contributed by atoms with Gasteiger partial charge in [0.15, 0.2) is 14.5 Å². The van der Waals surface area contributed by atoms with Crippen LogP contribution in [0, 0.1) is 0 Å². The van der Waals surface area contributed by atoms with Crippen molar-refractivity contribution in [2.24, 2.45) is 0 Å². The van der Waals surface area contributed by atoms with Crippen LogP contribution in [0.2, 0.25) is 0 Å². The lowest BCUT2D eigenvalue weighted by Crippen LogP contribution is -2.22. The van der Waals surface area contributed by atoms with Gasteiger partial charge in [0.25, 0.3) is 0 Å². The molecule has 5 heteroatoms. The van der Waals surface area contributed by atoms with Gasteiger partial charge in [0.1, 0.15) is 0 Å². The van der Waals surface area contributed by atoms with Crippen molar-refractivity contribution in [1.29, 1.82) is 0 Å². The Morgan fingerprint density at radius 2 is 1.67 bits per heavy atom. The summed E-state index contributed by atoms with van der Waals surface area (Å²) in [5.74, 6) is 0.0911. The lowest BCUT2D eigenvalue weighted by Gasteiger charge is -2.07. The summed E-state index contributed by atoms with van der Waals surface area (Å²) in [6, 6.07) is 0. The lowest BCUT2D eigenvalue weighted by molar-refractivity contribution is 0.310. The Labute approximate surface area is 97.7 Å². The van der Waals surface area contributed by atoms with E-state index in [1.54, 1.807) is 0 Å². The highest BCUT2D eigenvalue weighted by atomic mass is 35.5. The zero-order valence-corrected chi connectivity index (χ0v) is 10.9. The summed E-state index contributed by atoms with van der Waals surface area (Å²) in [4.78, 5) is 0.